The topological polar surface area (TPSA) is 75.3 Å². The summed E-state index contributed by atoms with van der Waals surface area (Å²) in [7, 11) is 0. The Morgan fingerprint density at radius 2 is 2.00 bits per heavy atom. The van der Waals surface area contributed by atoms with Crippen molar-refractivity contribution in [2.45, 2.75) is 19.8 Å². The van der Waals surface area contributed by atoms with Crippen LogP contribution in [0.4, 0.5) is 5.69 Å². The van der Waals surface area contributed by atoms with Crippen molar-refractivity contribution < 1.29 is 9.90 Å². The average Bonchev–Trinajstić information content (AvgIpc) is 2.39. The second-order valence-electron chi connectivity index (χ2n) is 4.54. The maximum atomic E-state index is 11.9. The molecule has 0 fully saturated rings. The number of nitrogen functional groups attached to an aromatic ring is 1. The van der Waals surface area contributed by atoms with Gasteiger partial charge in [-0.3, -0.25) is 4.79 Å². The molecule has 0 spiro atoms. The minimum absolute atomic E-state index is 0.164. The van der Waals surface area contributed by atoms with Gasteiger partial charge in [0.2, 0.25) is 0 Å². The number of hydrogen-bond donors (Lipinski definition) is 3. The normalized spacial score (nSPS) is 12.2. The highest BCUT2D eigenvalue weighted by Gasteiger charge is 2.11. The number of nitrogens with one attached hydrogen (secondary N) is 1. The largest absolute Gasteiger partial charge is 0.396 e. The molecule has 1 aromatic carbocycles. The van der Waals surface area contributed by atoms with Crippen LogP contribution in [0.1, 0.15) is 30.1 Å². The zero-order valence-corrected chi connectivity index (χ0v) is 12.3. The first kappa shape index (κ1) is 16.1. The number of halogens is 2. The molecule has 0 saturated carbocycles. The second kappa shape index (κ2) is 7.58. The summed E-state index contributed by atoms with van der Waals surface area (Å²) in [5, 5.41) is 12.2. The van der Waals surface area contributed by atoms with E-state index in [0.717, 1.165) is 12.8 Å². The van der Waals surface area contributed by atoms with E-state index < -0.39 is 0 Å². The van der Waals surface area contributed by atoms with Crippen molar-refractivity contribution in [2.24, 2.45) is 5.92 Å². The summed E-state index contributed by atoms with van der Waals surface area (Å²) in [6.07, 6.45) is 1.67. The third-order valence-electron chi connectivity index (χ3n) is 2.81. The van der Waals surface area contributed by atoms with Crippen LogP contribution in [-0.4, -0.2) is 24.2 Å². The van der Waals surface area contributed by atoms with Gasteiger partial charge in [-0.05, 0) is 30.9 Å². The monoisotopic (exact) mass is 304 g/mol. The molecule has 0 saturated heterocycles. The van der Waals surface area contributed by atoms with Crippen LogP contribution in [0.5, 0.6) is 0 Å². The van der Waals surface area contributed by atoms with Crippen LogP contribution >= 0.6 is 23.2 Å². The second-order valence-corrected chi connectivity index (χ2v) is 5.35. The number of anilines is 1. The third-order valence-corrected chi connectivity index (χ3v) is 3.44. The van der Waals surface area contributed by atoms with E-state index in [1.807, 2.05) is 6.92 Å². The molecule has 4 nitrogen and oxygen atoms in total. The standard InChI is InChI=1S/C13H18Cl2N2O2/c1-8(7-18)3-2-4-17-13(19)9-5-10(14)12(16)11(15)6-9/h5-6,8,18H,2-4,7,16H2,1H3,(H,17,19). The van der Waals surface area contributed by atoms with Gasteiger partial charge in [0.05, 0.1) is 15.7 Å². The number of carbonyl (C=O) groups is 1. The van der Waals surface area contributed by atoms with Crippen LogP contribution in [0.2, 0.25) is 10.0 Å². The molecule has 0 heterocycles. The highest BCUT2D eigenvalue weighted by atomic mass is 35.5. The molecule has 0 radical (unpaired) electrons. The predicted molar refractivity (Wildman–Crippen MR) is 78.7 cm³/mol. The van der Waals surface area contributed by atoms with E-state index in [2.05, 4.69) is 5.32 Å². The maximum Gasteiger partial charge on any atom is 0.251 e. The van der Waals surface area contributed by atoms with Crippen molar-refractivity contribution >= 4 is 34.8 Å². The zero-order chi connectivity index (χ0) is 14.4. The predicted octanol–water partition coefficient (Wildman–Crippen LogP) is 2.71. The summed E-state index contributed by atoms with van der Waals surface area (Å²) in [6, 6.07) is 2.99. The Bertz CT molecular complexity index is 429. The summed E-state index contributed by atoms with van der Waals surface area (Å²) >= 11 is 11.7. The van der Waals surface area contributed by atoms with Crippen LogP contribution < -0.4 is 11.1 Å². The van der Waals surface area contributed by atoms with Crippen LogP contribution in [-0.2, 0) is 0 Å². The number of benzene rings is 1. The molecule has 0 aliphatic heterocycles. The minimum atomic E-state index is -0.236. The van der Waals surface area contributed by atoms with Crippen LogP contribution in [0.15, 0.2) is 12.1 Å². The van der Waals surface area contributed by atoms with Gasteiger partial charge in [-0.25, -0.2) is 0 Å². The lowest BCUT2D eigenvalue weighted by Gasteiger charge is -2.09. The number of amides is 1. The molecule has 1 unspecified atom stereocenters. The van der Waals surface area contributed by atoms with Gasteiger partial charge in [0.15, 0.2) is 0 Å². The molecule has 0 bridgehead atoms. The van der Waals surface area contributed by atoms with Gasteiger partial charge in [-0.1, -0.05) is 30.1 Å². The molecule has 106 valence electrons. The number of carbonyl (C=O) groups excluding carboxylic acids is 1. The highest BCUT2D eigenvalue weighted by Crippen LogP contribution is 2.28. The fourth-order valence-corrected chi connectivity index (χ4v) is 2.05. The van der Waals surface area contributed by atoms with Crippen molar-refractivity contribution in [3.63, 3.8) is 0 Å². The summed E-state index contributed by atoms with van der Waals surface area (Å²) < 4.78 is 0. The Labute approximate surface area is 122 Å². The van der Waals surface area contributed by atoms with E-state index >= 15 is 0 Å². The number of rotatable bonds is 6. The SMILES string of the molecule is CC(CO)CCCNC(=O)c1cc(Cl)c(N)c(Cl)c1. The van der Waals surface area contributed by atoms with E-state index in [9.17, 15) is 4.79 Å². The molecule has 4 N–H and O–H groups in total. The summed E-state index contributed by atoms with van der Waals surface area (Å²) in [5.41, 5.74) is 6.26. The van der Waals surface area contributed by atoms with Crippen molar-refractivity contribution in [2.75, 3.05) is 18.9 Å². The van der Waals surface area contributed by atoms with Gasteiger partial charge in [-0.15, -0.1) is 0 Å². The van der Waals surface area contributed by atoms with Crippen LogP contribution in [0, 0.1) is 5.92 Å². The maximum absolute atomic E-state index is 11.9. The molecule has 1 atom stereocenters. The molecular formula is C13H18Cl2N2O2. The highest BCUT2D eigenvalue weighted by molar-refractivity contribution is 6.39. The lowest BCUT2D eigenvalue weighted by Crippen LogP contribution is -2.25. The summed E-state index contributed by atoms with van der Waals surface area (Å²) in [5.74, 6) is 0.0118. The van der Waals surface area contributed by atoms with E-state index in [0.29, 0.717) is 12.1 Å². The van der Waals surface area contributed by atoms with Crippen LogP contribution in [0.3, 0.4) is 0 Å². The molecule has 1 amide bonds. The molecule has 0 aliphatic rings. The number of hydrogen-bond acceptors (Lipinski definition) is 3. The summed E-state index contributed by atoms with van der Waals surface area (Å²) in [4.78, 5) is 11.9. The molecule has 0 aliphatic carbocycles. The third kappa shape index (κ3) is 4.90. The Morgan fingerprint density at radius 1 is 1.42 bits per heavy atom. The van der Waals surface area contributed by atoms with E-state index in [1.54, 1.807) is 0 Å². The van der Waals surface area contributed by atoms with E-state index in [4.69, 9.17) is 34.0 Å². The van der Waals surface area contributed by atoms with E-state index in [-0.39, 0.29) is 34.2 Å². The summed E-state index contributed by atoms with van der Waals surface area (Å²) in [6.45, 7) is 2.67. The Kier molecular flexibility index (Phi) is 6.42. The fraction of sp³-hybridized carbons (Fsp3) is 0.462. The Morgan fingerprint density at radius 3 is 2.53 bits per heavy atom. The number of aliphatic hydroxyl groups excluding tert-OH is 1. The van der Waals surface area contributed by atoms with Crippen molar-refractivity contribution in [1.29, 1.82) is 0 Å². The fourth-order valence-electron chi connectivity index (χ4n) is 1.56. The molecular weight excluding hydrogens is 287 g/mol. The van der Waals surface area contributed by atoms with Gasteiger partial charge in [0.1, 0.15) is 0 Å². The van der Waals surface area contributed by atoms with Crippen molar-refractivity contribution in [3.05, 3.63) is 27.7 Å². The first-order valence-corrected chi connectivity index (χ1v) is 6.85. The smallest absolute Gasteiger partial charge is 0.251 e. The van der Waals surface area contributed by atoms with E-state index in [1.165, 1.54) is 12.1 Å². The average molecular weight is 305 g/mol. The lowest BCUT2D eigenvalue weighted by atomic mass is 10.1. The number of aliphatic hydroxyl groups is 1. The van der Waals surface area contributed by atoms with Gasteiger partial charge < -0.3 is 16.2 Å². The first-order valence-electron chi connectivity index (χ1n) is 6.09. The minimum Gasteiger partial charge on any atom is -0.396 e. The van der Waals surface area contributed by atoms with Gasteiger partial charge in [0, 0.05) is 18.7 Å². The quantitative estimate of drug-likeness (QED) is 0.559. The van der Waals surface area contributed by atoms with Crippen molar-refractivity contribution in [1.82, 2.24) is 5.32 Å². The Hall–Kier alpha value is -0.970. The molecule has 1 rings (SSSR count). The molecule has 1 aromatic rings. The van der Waals surface area contributed by atoms with Crippen molar-refractivity contribution in [3.8, 4) is 0 Å². The Balaban J connectivity index is 2.50. The molecule has 19 heavy (non-hydrogen) atoms. The number of nitrogens with two attached hydrogens (primary N) is 1. The first-order chi connectivity index (χ1) is 8.95. The zero-order valence-electron chi connectivity index (χ0n) is 10.7. The molecule has 6 heteroatoms. The van der Waals surface area contributed by atoms with Gasteiger partial charge in [-0.2, -0.15) is 0 Å². The van der Waals surface area contributed by atoms with Crippen LogP contribution in [0.25, 0.3) is 0 Å². The van der Waals surface area contributed by atoms with Gasteiger partial charge >= 0.3 is 0 Å². The van der Waals surface area contributed by atoms with Gasteiger partial charge in [0.25, 0.3) is 5.91 Å². The lowest BCUT2D eigenvalue weighted by molar-refractivity contribution is 0.0952. The molecule has 0 aromatic heterocycles.